The molecule has 0 saturated heterocycles. The third-order valence-electron chi connectivity index (χ3n) is 4.00. The van der Waals surface area contributed by atoms with Gasteiger partial charge < -0.3 is 9.47 Å². The van der Waals surface area contributed by atoms with E-state index in [-0.39, 0.29) is 11.9 Å². The molecular formula is C19H20O3. The zero-order chi connectivity index (χ0) is 15.4. The standard InChI is InChI=1S/C19H20O3/c1-21-13-19(15-6-3-2-4-7-15)22-16-11-10-14-8-5-9-18(20)17(14)12-16/h2-4,6-7,10-12,19H,5,8-9,13H2,1H3/t19-/m1/s1. The highest BCUT2D eigenvalue weighted by molar-refractivity contribution is 5.98. The van der Waals surface area contributed by atoms with Gasteiger partial charge in [0.25, 0.3) is 0 Å². The first kappa shape index (κ1) is 14.8. The van der Waals surface area contributed by atoms with Gasteiger partial charge in [-0.1, -0.05) is 36.4 Å². The maximum atomic E-state index is 12.0. The monoisotopic (exact) mass is 296 g/mol. The lowest BCUT2D eigenvalue weighted by Gasteiger charge is -2.21. The molecule has 1 atom stereocenters. The van der Waals surface area contributed by atoms with Crippen molar-refractivity contribution in [2.24, 2.45) is 0 Å². The molecule has 0 radical (unpaired) electrons. The summed E-state index contributed by atoms with van der Waals surface area (Å²) < 4.78 is 11.4. The van der Waals surface area contributed by atoms with Gasteiger partial charge >= 0.3 is 0 Å². The average Bonchev–Trinajstić information content (AvgIpc) is 2.56. The Morgan fingerprint density at radius 1 is 1.09 bits per heavy atom. The molecule has 1 aliphatic carbocycles. The molecule has 0 aromatic heterocycles. The summed E-state index contributed by atoms with van der Waals surface area (Å²) in [6.07, 6.45) is 2.38. The zero-order valence-electron chi connectivity index (χ0n) is 12.7. The number of ketones is 1. The smallest absolute Gasteiger partial charge is 0.163 e. The molecule has 0 aliphatic heterocycles. The summed E-state index contributed by atoms with van der Waals surface area (Å²) in [5.74, 6) is 0.939. The Morgan fingerprint density at radius 2 is 1.91 bits per heavy atom. The van der Waals surface area contributed by atoms with Crippen molar-refractivity contribution < 1.29 is 14.3 Å². The van der Waals surface area contributed by atoms with Crippen molar-refractivity contribution >= 4 is 5.78 Å². The van der Waals surface area contributed by atoms with Crippen LogP contribution in [0.5, 0.6) is 5.75 Å². The number of carbonyl (C=O) groups excluding carboxylic acids is 1. The van der Waals surface area contributed by atoms with Crippen LogP contribution >= 0.6 is 0 Å². The third-order valence-corrected chi connectivity index (χ3v) is 4.00. The van der Waals surface area contributed by atoms with Crippen LogP contribution in [-0.4, -0.2) is 19.5 Å². The van der Waals surface area contributed by atoms with Crippen LogP contribution in [0.15, 0.2) is 48.5 Å². The molecule has 1 aliphatic rings. The van der Waals surface area contributed by atoms with E-state index in [1.54, 1.807) is 7.11 Å². The molecule has 22 heavy (non-hydrogen) atoms. The number of carbonyl (C=O) groups is 1. The fraction of sp³-hybridized carbons (Fsp3) is 0.316. The maximum Gasteiger partial charge on any atom is 0.163 e. The topological polar surface area (TPSA) is 35.5 Å². The Kier molecular flexibility index (Phi) is 4.54. The number of methoxy groups -OCH3 is 1. The van der Waals surface area contributed by atoms with Crippen LogP contribution in [0.3, 0.4) is 0 Å². The molecule has 2 aromatic carbocycles. The summed E-state index contributed by atoms with van der Waals surface area (Å²) in [7, 11) is 1.66. The van der Waals surface area contributed by atoms with Crippen molar-refractivity contribution in [3.8, 4) is 5.75 Å². The molecule has 0 N–H and O–H groups in total. The van der Waals surface area contributed by atoms with Crippen LogP contribution in [0.2, 0.25) is 0 Å². The first-order valence-corrected chi connectivity index (χ1v) is 7.64. The van der Waals surface area contributed by atoms with Gasteiger partial charge in [-0.25, -0.2) is 0 Å². The van der Waals surface area contributed by atoms with Gasteiger partial charge in [0.15, 0.2) is 5.78 Å². The quantitative estimate of drug-likeness (QED) is 0.837. The van der Waals surface area contributed by atoms with Crippen molar-refractivity contribution in [3.05, 3.63) is 65.2 Å². The van der Waals surface area contributed by atoms with Gasteiger partial charge in [-0.2, -0.15) is 0 Å². The molecule has 0 saturated carbocycles. The van der Waals surface area contributed by atoms with Gasteiger partial charge in [-0.15, -0.1) is 0 Å². The number of rotatable bonds is 5. The van der Waals surface area contributed by atoms with E-state index in [9.17, 15) is 4.79 Å². The van der Waals surface area contributed by atoms with Gasteiger partial charge in [-0.3, -0.25) is 4.79 Å². The molecule has 0 fully saturated rings. The molecule has 3 nitrogen and oxygen atoms in total. The molecule has 0 amide bonds. The second-order valence-electron chi connectivity index (χ2n) is 5.57. The summed E-state index contributed by atoms with van der Waals surface area (Å²) in [5, 5.41) is 0. The number of Topliss-reactive ketones (excluding diaryl/α,β-unsaturated/α-hetero) is 1. The molecule has 114 valence electrons. The Bertz CT molecular complexity index is 649. The van der Waals surface area contributed by atoms with Crippen molar-refractivity contribution in [2.45, 2.75) is 25.4 Å². The van der Waals surface area contributed by atoms with Gasteiger partial charge in [0.05, 0.1) is 6.61 Å². The summed E-state index contributed by atoms with van der Waals surface area (Å²) in [5.41, 5.74) is 3.01. The van der Waals surface area contributed by atoms with Gasteiger partial charge in [0.1, 0.15) is 11.9 Å². The summed E-state index contributed by atoms with van der Waals surface area (Å²) in [4.78, 5) is 12.0. The third kappa shape index (κ3) is 3.20. The second kappa shape index (κ2) is 6.75. The predicted octanol–water partition coefficient (Wildman–Crippen LogP) is 3.97. The SMILES string of the molecule is COC[C@@H](Oc1ccc2c(c1)C(=O)CCC2)c1ccccc1. The number of hydrogen-bond acceptors (Lipinski definition) is 3. The van der Waals surface area contributed by atoms with Crippen molar-refractivity contribution in [2.75, 3.05) is 13.7 Å². The summed E-state index contributed by atoms with van der Waals surface area (Å²) in [6, 6.07) is 15.8. The van der Waals surface area contributed by atoms with E-state index >= 15 is 0 Å². The molecular weight excluding hydrogens is 276 g/mol. The van der Waals surface area contributed by atoms with Crippen molar-refractivity contribution in [3.63, 3.8) is 0 Å². The van der Waals surface area contributed by atoms with Gasteiger partial charge in [0.2, 0.25) is 0 Å². The van der Waals surface area contributed by atoms with E-state index in [4.69, 9.17) is 9.47 Å². The fourth-order valence-electron chi connectivity index (χ4n) is 2.86. The molecule has 0 heterocycles. The van der Waals surface area contributed by atoms with Crippen LogP contribution in [-0.2, 0) is 11.2 Å². The van der Waals surface area contributed by atoms with Crippen molar-refractivity contribution in [1.82, 2.24) is 0 Å². The van der Waals surface area contributed by atoms with E-state index < -0.39 is 0 Å². The van der Waals surface area contributed by atoms with Crippen LogP contribution in [0, 0.1) is 0 Å². The van der Waals surface area contributed by atoms with Crippen molar-refractivity contribution in [1.29, 1.82) is 0 Å². The van der Waals surface area contributed by atoms with Crippen LogP contribution in [0.25, 0.3) is 0 Å². The lowest BCUT2D eigenvalue weighted by Crippen LogP contribution is -2.15. The minimum absolute atomic E-state index is 0.178. The highest BCUT2D eigenvalue weighted by Gasteiger charge is 2.19. The minimum Gasteiger partial charge on any atom is -0.483 e. The molecule has 3 heteroatoms. The molecule has 0 unspecified atom stereocenters. The van der Waals surface area contributed by atoms with Crippen LogP contribution < -0.4 is 4.74 Å². The average molecular weight is 296 g/mol. The molecule has 3 rings (SSSR count). The predicted molar refractivity (Wildman–Crippen MR) is 85.4 cm³/mol. The second-order valence-corrected chi connectivity index (χ2v) is 5.57. The highest BCUT2D eigenvalue weighted by atomic mass is 16.5. The van der Waals surface area contributed by atoms with E-state index in [1.165, 1.54) is 0 Å². The Labute approximate surface area is 130 Å². The first-order valence-electron chi connectivity index (χ1n) is 7.64. The highest BCUT2D eigenvalue weighted by Crippen LogP contribution is 2.28. The normalized spacial score (nSPS) is 15.2. The van der Waals surface area contributed by atoms with Crippen LogP contribution in [0.1, 0.15) is 40.4 Å². The number of hydrogen-bond donors (Lipinski definition) is 0. The van der Waals surface area contributed by atoms with E-state index in [0.29, 0.717) is 13.0 Å². The number of ether oxygens (including phenoxy) is 2. The lowest BCUT2D eigenvalue weighted by molar-refractivity contribution is 0.0807. The largest absolute Gasteiger partial charge is 0.483 e. The molecule has 2 aromatic rings. The Balaban J connectivity index is 1.84. The first-order chi connectivity index (χ1) is 10.8. The summed E-state index contributed by atoms with van der Waals surface area (Å²) >= 11 is 0. The number of fused-ring (bicyclic) bond motifs is 1. The number of benzene rings is 2. The lowest BCUT2D eigenvalue weighted by atomic mass is 9.90. The molecule has 0 spiro atoms. The molecule has 0 bridgehead atoms. The zero-order valence-corrected chi connectivity index (χ0v) is 12.7. The van der Waals surface area contributed by atoms with E-state index in [1.807, 2.05) is 48.5 Å². The Hall–Kier alpha value is -2.13. The van der Waals surface area contributed by atoms with Gasteiger partial charge in [0, 0.05) is 19.1 Å². The Morgan fingerprint density at radius 3 is 2.68 bits per heavy atom. The van der Waals surface area contributed by atoms with Crippen LogP contribution in [0.4, 0.5) is 0 Å². The summed E-state index contributed by atoms with van der Waals surface area (Å²) in [6.45, 7) is 0.467. The van der Waals surface area contributed by atoms with E-state index in [2.05, 4.69) is 0 Å². The fourth-order valence-corrected chi connectivity index (χ4v) is 2.86. The number of aryl methyl sites for hydroxylation is 1. The minimum atomic E-state index is -0.178. The maximum absolute atomic E-state index is 12.0. The van der Waals surface area contributed by atoms with E-state index in [0.717, 1.165) is 35.3 Å². The van der Waals surface area contributed by atoms with Gasteiger partial charge in [-0.05, 0) is 36.1 Å².